The number of halogens is 5. The van der Waals surface area contributed by atoms with Gasteiger partial charge in [-0.25, -0.2) is 13.8 Å². The monoisotopic (exact) mass is 428 g/mol. The van der Waals surface area contributed by atoms with Crippen LogP contribution < -0.4 is 4.74 Å². The quantitative estimate of drug-likeness (QED) is 0.448. The minimum atomic E-state index is -4.81. The van der Waals surface area contributed by atoms with E-state index in [0.29, 0.717) is 0 Å². The standard InChI is InChI=1S/C20H17F5N2O3/c1-11-18(15(28)7-8-17(29)20(23,24)25)27-9-3-6-16(19(27)26-11)30-10-12-13(21)4-2-5-14(12)22/h2-6,9,17,29H,7-8,10H2,1H3. The summed E-state index contributed by atoms with van der Waals surface area (Å²) in [6, 6.07) is 6.40. The van der Waals surface area contributed by atoms with Crippen molar-refractivity contribution >= 4 is 11.4 Å². The molecule has 0 amide bonds. The first-order valence-corrected chi connectivity index (χ1v) is 8.91. The number of ketones is 1. The number of pyridine rings is 1. The van der Waals surface area contributed by atoms with E-state index in [4.69, 9.17) is 9.84 Å². The Bertz CT molecular complexity index is 1060. The Labute approximate surface area is 167 Å². The van der Waals surface area contributed by atoms with Gasteiger partial charge in [0.2, 0.25) is 0 Å². The zero-order valence-corrected chi connectivity index (χ0v) is 15.7. The average molecular weight is 428 g/mol. The van der Waals surface area contributed by atoms with Crippen LogP contribution in [0.3, 0.4) is 0 Å². The smallest absolute Gasteiger partial charge is 0.414 e. The van der Waals surface area contributed by atoms with Crippen LogP contribution in [-0.4, -0.2) is 32.6 Å². The van der Waals surface area contributed by atoms with Crippen molar-refractivity contribution in [3.8, 4) is 5.75 Å². The molecule has 0 saturated heterocycles. The molecular weight excluding hydrogens is 411 g/mol. The summed E-state index contributed by atoms with van der Waals surface area (Å²) in [5, 5.41) is 9.10. The van der Waals surface area contributed by atoms with Crippen molar-refractivity contribution in [2.45, 2.75) is 38.7 Å². The van der Waals surface area contributed by atoms with Gasteiger partial charge >= 0.3 is 6.18 Å². The van der Waals surface area contributed by atoms with E-state index in [9.17, 15) is 26.7 Å². The summed E-state index contributed by atoms with van der Waals surface area (Å²) in [6.45, 7) is 1.08. The minimum Gasteiger partial charge on any atom is -0.485 e. The van der Waals surface area contributed by atoms with Gasteiger partial charge in [-0.05, 0) is 37.6 Å². The van der Waals surface area contributed by atoms with Gasteiger partial charge in [0.25, 0.3) is 0 Å². The second-order valence-corrected chi connectivity index (χ2v) is 6.62. The maximum absolute atomic E-state index is 13.8. The maximum atomic E-state index is 13.8. The van der Waals surface area contributed by atoms with E-state index in [2.05, 4.69) is 4.98 Å². The lowest BCUT2D eigenvalue weighted by molar-refractivity contribution is -0.204. The van der Waals surface area contributed by atoms with Crippen LogP contribution in [0.25, 0.3) is 5.65 Å². The SMILES string of the molecule is Cc1nc2c(OCc3c(F)cccc3F)cccn2c1C(=O)CCC(O)C(F)(F)F. The molecule has 2 heterocycles. The summed E-state index contributed by atoms with van der Waals surface area (Å²) in [7, 11) is 0. The van der Waals surface area contributed by atoms with Crippen molar-refractivity contribution in [1.29, 1.82) is 0 Å². The van der Waals surface area contributed by atoms with Gasteiger partial charge in [0.05, 0.1) is 11.3 Å². The fraction of sp³-hybridized carbons (Fsp3) is 0.300. The summed E-state index contributed by atoms with van der Waals surface area (Å²) in [5.74, 6) is -2.06. The summed E-state index contributed by atoms with van der Waals surface area (Å²) in [6.07, 6.45) is -7.26. The second kappa shape index (κ2) is 8.39. The molecule has 160 valence electrons. The highest BCUT2D eigenvalue weighted by molar-refractivity contribution is 5.96. The molecule has 0 radical (unpaired) electrons. The molecule has 1 atom stereocenters. The van der Waals surface area contributed by atoms with Crippen LogP contribution >= 0.6 is 0 Å². The van der Waals surface area contributed by atoms with Gasteiger partial charge in [0.1, 0.15) is 30.0 Å². The summed E-state index contributed by atoms with van der Waals surface area (Å²) in [5.41, 5.74) is 0.184. The minimum absolute atomic E-state index is 0.0434. The van der Waals surface area contributed by atoms with Crippen molar-refractivity contribution in [3.05, 3.63) is 65.1 Å². The normalized spacial score (nSPS) is 12.9. The Kier molecular flexibility index (Phi) is 6.06. The van der Waals surface area contributed by atoms with Crippen molar-refractivity contribution < 1.29 is 36.6 Å². The number of carbonyl (C=O) groups is 1. The number of fused-ring (bicyclic) bond motifs is 1. The number of aromatic nitrogens is 2. The van der Waals surface area contributed by atoms with Crippen LogP contribution in [-0.2, 0) is 6.61 Å². The van der Waals surface area contributed by atoms with Gasteiger partial charge in [0, 0.05) is 12.6 Å². The molecule has 0 bridgehead atoms. The number of aliphatic hydroxyl groups is 1. The molecule has 3 rings (SSSR count). The number of aryl methyl sites for hydroxylation is 1. The van der Waals surface area contributed by atoms with E-state index in [1.165, 1.54) is 35.7 Å². The van der Waals surface area contributed by atoms with Crippen molar-refractivity contribution in [3.63, 3.8) is 0 Å². The fourth-order valence-electron chi connectivity index (χ4n) is 2.97. The molecule has 0 fully saturated rings. The fourth-order valence-corrected chi connectivity index (χ4v) is 2.97. The number of hydrogen-bond acceptors (Lipinski definition) is 4. The Balaban J connectivity index is 1.84. The predicted molar refractivity (Wildman–Crippen MR) is 96.2 cm³/mol. The van der Waals surface area contributed by atoms with Crippen LogP contribution in [0.5, 0.6) is 5.75 Å². The van der Waals surface area contributed by atoms with Crippen LogP contribution in [0.1, 0.15) is 34.6 Å². The third-order valence-electron chi connectivity index (χ3n) is 4.51. The van der Waals surface area contributed by atoms with E-state index < -0.39 is 49.1 Å². The summed E-state index contributed by atoms with van der Waals surface area (Å²) in [4.78, 5) is 16.7. The molecule has 10 heteroatoms. The van der Waals surface area contributed by atoms with Crippen molar-refractivity contribution in [2.24, 2.45) is 0 Å². The van der Waals surface area contributed by atoms with Crippen LogP contribution in [0, 0.1) is 18.6 Å². The molecular formula is C20H17F5N2O3. The van der Waals surface area contributed by atoms with E-state index >= 15 is 0 Å². The van der Waals surface area contributed by atoms with Gasteiger partial charge < -0.3 is 9.84 Å². The molecule has 1 N–H and O–H groups in total. The Morgan fingerprint density at radius 2 is 1.87 bits per heavy atom. The molecule has 0 saturated carbocycles. The molecule has 0 aliphatic heterocycles. The first kappa shape index (κ1) is 21.7. The number of Topliss-reactive ketones (excluding diaryl/α,β-unsaturated/α-hetero) is 1. The van der Waals surface area contributed by atoms with E-state index in [1.807, 2.05) is 0 Å². The summed E-state index contributed by atoms with van der Waals surface area (Å²) < 4.78 is 71.8. The topological polar surface area (TPSA) is 63.8 Å². The number of rotatable bonds is 7. The zero-order chi connectivity index (χ0) is 22.1. The average Bonchev–Trinajstić information content (AvgIpc) is 3.01. The lowest BCUT2D eigenvalue weighted by Gasteiger charge is -2.13. The van der Waals surface area contributed by atoms with Crippen LogP contribution in [0.2, 0.25) is 0 Å². The number of nitrogens with zero attached hydrogens (tertiary/aromatic N) is 2. The highest BCUT2D eigenvalue weighted by Gasteiger charge is 2.38. The molecule has 3 aromatic rings. The Morgan fingerprint density at radius 3 is 2.50 bits per heavy atom. The summed E-state index contributed by atoms with van der Waals surface area (Å²) >= 11 is 0. The van der Waals surface area contributed by atoms with Crippen LogP contribution in [0.15, 0.2) is 36.5 Å². The molecule has 2 aromatic heterocycles. The number of benzene rings is 1. The predicted octanol–water partition coefficient (Wildman–Crippen LogP) is 4.39. The van der Waals surface area contributed by atoms with Gasteiger partial charge in [-0.2, -0.15) is 13.2 Å². The molecule has 5 nitrogen and oxygen atoms in total. The number of carbonyl (C=O) groups excluding carboxylic acids is 1. The van der Waals surface area contributed by atoms with Gasteiger partial charge in [-0.15, -0.1) is 0 Å². The maximum Gasteiger partial charge on any atom is 0.414 e. The molecule has 1 unspecified atom stereocenters. The lowest BCUT2D eigenvalue weighted by atomic mass is 10.1. The highest BCUT2D eigenvalue weighted by atomic mass is 19.4. The molecule has 1 aromatic carbocycles. The van der Waals surface area contributed by atoms with Crippen LogP contribution in [0.4, 0.5) is 22.0 Å². The third kappa shape index (κ3) is 4.43. The molecule has 0 aliphatic carbocycles. The van der Waals surface area contributed by atoms with E-state index in [1.54, 1.807) is 0 Å². The Hall–Kier alpha value is -3.01. The third-order valence-corrected chi connectivity index (χ3v) is 4.51. The number of imidazole rings is 1. The first-order valence-electron chi connectivity index (χ1n) is 8.91. The Morgan fingerprint density at radius 1 is 1.20 bits per heavy atom. The van der Waals surface area contributed by atoms with Gasteiger partial charge in [-0.3, -0.25) is 9.20 Å². The van der Waals surface area contributed by atoms with Gasteiger partial charge in [-0.1, -0.05) is 6.07 Å². The lowest BCUT2D eigenvalue weighted by Crippen LogP contribution is -2.29. The number of ether oxygens (including phenoxy) is 1. The highest BCUT2D eigenvalue weighted by Crippen LogP contribution is 2.27. The zero-order valence-electron chi connectivity index (χ0n) is 15.7. The largest absolute Gasteiger partial charge is 0.485 e. The molecule has 30 heavy (non-hydrogen) atoms. The van der Waals surface area contributed by atoms with E-state index in [-0.39, 0.29) is 28.3 Å². The van der Waals surface area contributed by atoms with Crippen molar-refractivity contribution in [1.82, 2.24) is 9.38 Å². The number of hydrogen-bond donors (Lipinski definition) is 1. The molecule has 0 spiro atoms. The van der Waals surface area contributed by atoms with E-state index in [0.717, 1.165) is 12.1 Å². The van der Waals surface area contributed by atoms with Gasteiger partial charge in [0.15, 0.2) is 17.2 Å². The molecule has 0 aliphatic rings. The van der Waals surface area contributed by atoms with Crippen molar-refractivity contribution in [2.75, 3.05) is 0 Å². The number of alkyl halides is 3. The number of aliphatic hydroxyl groups excluding tert-OH is 1. The second-order valence-electron chi connectivity index (χ2n) is 6.62. The first-order chi connectivity index (χ1) is 14.1.